The number of hydrogen-bond donors (Lipinski definition) is 1. The molecule has 0 saturated carbocycles. The van der Waals surface area contributed by atoms with Gasteiger partial charge in [-0.2, -0.15) is 0 Å². The molecule has 1 aliphatic heterocycles. The van der Waals surface area contributed by atoms with Crippen molar-refractivity contribution in [1.82, 2.24) is 15.1 Å². The first-order valence-corrected chi connectivity index (χ1v) is 7.54. The van der Waals surface area contributed by atoms with Gasteiger partial charge in [0.1, 0.15) is 12.4 Å². The van der Waals surface area contributed by atoms with Crippen LogP contribution >= 0.6 is 11.6 Å². The van der Waals surface area contributed by atoms with Crippen molar-refractivity contribution in [3.05, 3.63) is 28.8 Å². The van der Waals surface area contributed by atoms with E-state index >= 15 is 0 Å². The Morgan fingerprint density at radius 1 is 1.25 bits per heavy atom. The summed E-state index contributed by atoms with van der Waals surface area (Å²) in [7, 11) is 4.08. The van der Waals surface area contributed by atoms with Crippen molar-refractivity contribution in [2.24, 2.45) is 0 Å². The highest BCUT2D eigenvalue weighted by Gasteiger charge is 2.14. The summed E-state index contributed by atoms with van der Waals surface area (Å²) in [6, 6.07) is 5.83. The Morgan fingerprint density at radius 3 is 2.70 bits per heavy atom. The molecule has 112 valence electrons. The second-order valence-corrected chi connectivity index (χ2v) is 5.65. The predicted octanol–water partition coefficient (Wildman–Crippen LogP) is 1.69. The number of piperazine rings is 1. The summed E-state index contributed by atoms with van der Waals surface area (Å²) in [5.74, 6) is 0.890. The Bertz CT molecular complexity index is 420. The lowest BCUT2D eigenvalue weighted by Crippen LogP contribution is -2.45. The number of benzene rings is 1. The van der Waals surface area contributed by atoms with Gasteiger partial charge in [-0.3, -0.25) is 4.90 Å². The number of halogens is 1. The van der Waals surface area contributed by atoms with Crippen molar-refractivity contribution in [1.29, 1.82) is 0 Å². The van der Waals surface area contributed by atoms with Gasteiger partial charge in [0, 0.05) is 49.9 Å². The summed E-state index contributed by atoms with van der Waals surface area (Å²) in [5.41, 5.74) is 1.04. The van der Waals surface area contributed by atoms with Crippen LogP contribution in [0.5, 0.6) is 5.75 Å². The molecule has 1 aromatic carbocycles. The van der Waals surface area contributed by atoms with Gasteiger partial charge in [0.25, 0.3) is 0 Å². The zero-order valence-electron chi connectivity index (χ0n) is 12.4. The number of likely N-dealkylation sites (N-methyl/N-ethyl adjacent to an activating group) is 1. The summed E-state index contributed by atoms with van der Waals surface area (Å²) in [6.07, 6.45) is 0. The summed E-state index contributed by atoms with van der Waals surface area (Å²) in [4.78, 5) is 4.81. The predicted molar refractivity (Wildman–Crippen MR) is 83.6 cm³/mol. The van der Waals surface area contributed by atoms with E-state index < -0.39 is 0 Å². The average Bonchev–Trinajstić information content (AvgIpc) is 2.45. The third-order valence-electron chi connectivity index (χ3n) is 3.69. The van der Waals surface area contributed by atoms with Gasteiger partial charge < -0.3 is 15.0 Å². The first-order valence-electron chi connectivity index (χ1n) is 7.16. The quantitative estimate of drug-likeness (QED) is 0.865. The molecule has 2 rings (SSSR count). The van der Waals surface area contributed by atoms with Crippen LogP contribution in [0.4, 0.5) is 0 Å². The standard InChI is InChI=1S/C15H24ClN3O/c1-17-12-13-14(16)4-3-5-15(13)20-11-10-19-8-6-18(2)7-9-19/h3-5,17H,6-12H2,1-2H3. The van der Waals surface area contributed by atoms with Gasteiger partial charge >= 0.3 is 0 Å². The first kappa shape index (κ1) is 15.6. The maximum Gasteiger partial charge on any atom is 0.125 e. The lowest BCUT2D eigenvalue weighted by molar-refractivity contribution is 0.133. The van der Waals surface area contributed by atoms with Crippen LogP contribution in [0, 0.1) is 0 Å². The van der Waals surface area contributed by atoms with Crippen LogP contribution in [0.25, 0.3) is 0 Å². The molecule has 1 saturated heterocycles. The van der Waals surface area contributed by atoms with Gasteiger partial charge in [-0.1, -0.05) is 17.7 Å². The fourth-order valence-electron chi connectivity index (χ4n) is 2.38. The van der Waals surface area contributed by atoms with Gasteiger partial charge in [-0.15, -0.1) is 0 Å². The van der Waals surface area contributed by atoms with Crippen molar-refractivity contribution in [3.63, 3.8) is 0 Å². The highest BCUT2D eigenvalue weighted by molar-refractivity contribution is 6.31. The summed E-state index contributed by atoms with van der Waals surface area (Å²) < 4.78 is 5.92. The molecule has 4 nitrogen and oxygen atoms in total. The van der Waals surface area contributed by atoms with Crippen molar-refractivity contribution in [3.8, 4) is 5.75 Å². The van der Waals surface area contributed by atoms with Crippen molar-refractivity contribution < 1.29 is 4.74 Å². The molecule has 0 bridgehead atoms. The highest BCUT2D eigenvalue weighted by Crippen LogP contribution is 2.26. The topological polar surface area (TPSA) is 27.7 Å². The molecule has 1 aliphatic rings. The van der Waals surface area contributed by atoms with Crippen LogP contribution in [0.2, 0.25) is 5.02 Å². The van der Waals surface area contributed by atoms with Gasteiger partial charge in [0.15, 0.2) is 0 Å². The maximum absolute atomic E-state index is 6.22. The SMILES string of the molecule is CNCc1c(Cl)cccc1OCCN1CCN(C)CC1. The second-order valence-electron chi connectivity index (χ2n) is 5.24. The summed E-state index contributed by atoms with van der Waals surface area (Å²) in [5, 5.41) is 3.89. The second kappa shape index (κ2) is 7.84. The molecule has 1 aromatic rings. The van der Waals surface area contributed by atoms with Crippen molar-refractivity contribution >= 4 is 11.6 Å². The lowest BCUT2D eigenvalue weighted by Gasteiger charge is -2.32. The minimum absolute atomic E-state index is 0.709. The Morgan fingerprint density at radius 2 is 2.00 bits per heavy atom. The summed E-state index contributed by atoms with van der Waals surface area (Å²) in [6.45, 7) is 6.94. The van der Waals surface area contributed by atoms with E-state index in [1.54, 1.807) is 0 Å². The van der Waals surface area contributed by atoms with Crippen LogP contribution in [0.15, 0.2) is 18.2 Å². The Kier molecular flexibility index (Phi) is 6.10. The van der Waals surface area contributed by atoms with Crippen LogP contribution in [0.1, 0.15) is 5.56 Å². The van der Waals surface area contributed by atoms with Crippen molar-refractivity contribution in [2.75, 3.05) is 53.4 Å². The van der Waals surface area contributed by atoms with E-state index in [1.165, 1.54) is 0 Å². The highest BCUT2D eigenvalue weighted by atomic mass is 35.5. The molecule has 0 aromatic heterocycles. The molecular formula is C15H24ClN3O. The van der Waals surface area contributed by atoms with Crippen LogP contribution in [0.3, 0.4) is 0 Å². The fraction of sp³-hybridized carbons (Fsp3) is 0.600. The normalized spacial score (nSPS) is 17.4. The molecular weight excluding hydrogens is 274 g/mol. The molecule has 0 spiro atoms. The lowest BCUT2D eigenvalue weighted by atomic mass is 10.2. The van der Waals surface area contributed by atoms with E-state index in [1.807, 2.05) is 25.2 Å². The molecule has 0 aliphatic carbocycles. The molecule has 0 unspecified atom stereocenters. The molecule has 1 heterocycles. The minimum Gasteiger partial charge on any atom is -0.492 e. The van der Waals surface area contributed by atoms with E-state index in [4.69, 9.17) is 16.3 Å². The van der Waals surface area contributed by atoms with Crippen molar-refractivity contribution in [2.45, 2.75) is 6.54 Å². The zero-order chi connectivity index (χ0) is 14.4. The Hall–Kier alpha value is -0.810. The third kappa shape index (κ3) is 4.35. The fourth-order valence-corrected chi connectivity index (χ4v) is 2.61. The number of nitrogens with one attached hydrogen (secondary N) is 1. The largest absolute Gasteiger partial charge is 0.492 e. The number of rotatable bonds is 6. The summed E-state index contributed by atoms with van der Waals surface area (Å²) >= 11 is 6.22. The van der Waals surface area contributed by atoms with E-state index in [0.717, 1.165) is 55.6 Å². The molecule has 1 fully saturated rings. The molecule has 0 radical (unpaired) electrons. The smallest absolute Gasteiger partial charge is 0.125 e. The van der Waals surface area contributed by atoms with E-state index in [0.29, 0.717) is 6.61 Å². The molecule has 1 N–H and O–H groups in total. The zero-order valence-corrected chi connectivity index (χ0v) is 13.1. The molecule has 20 heavy (non-hydrogen) atoms. The Balaban J connectivity index is 1.83. The Labute approximate surface area is 126 Å². The number of nitrogens with zero attached hydrogens (tertiary/aromatic N) is 2. The van der Waals surface area contributed by atoms with E-state index in [-0.39, 0.29) is 0 Å². The average molecular weight is 298 g/mol. The van der Waals surface area contributed by atoms with E-state index in [2.05, 4.69) is 22.2 Å². The monoisotopic (exact) mass is 297 g/mol. The number of ether oxygens (including phenoxy) is 1. The maximum atomic E-state index is 6.22. The van der Waals surface area contributed by atoms with Gasteiger partial charge in [0.05, 0.1) is 0 Å². The van der Waals surface area contributed by atoms with Gasteiger partial charge in [-0.05, 0) is 26.2 Å². The number of hydrogen-bond acceptors (Lipinski definition) is 4. The van der Waals surface area contributed by atoms with Gasteiger partial charge in [0.2, 0.25) is 0 Å². The minimum atomic E-state index is 0.709. The third-order valence-corrected chi connectivity index (χ3v) is 4.04. The molecule has 0 amide bonds. The van der Waals surface area contributed by atoms with Crippen LogP contribution in [-0.2, 0) is 6.54 Å². The van der Waals surface area contributed by atoms with Crippen LogP contribution < -0.4 is 10.1 Å². The molecule has 0 atom stereocenters. The van der Waals surface area contributed by atoms with Gasteiger partial charge in [-0.25, -0.2) is 0 Å². The molecule has 5 heteroatoms. The first-order chi connectivity index (χ1) is 9.70. The van der Waals surface area contributed by atoms with Crippen LogP contribution in [-0.4, -0.2) is 63.2 Å². The van der Waals surface area contributed by atoms with E-state index in [9.17, 15) is 0 Å².